The number of amides is 1. The molecule has 0 saturated carbocycles. The Balaban J connectivity index is 1.77. The van der Waals surface area contributed by atoms with Crippen LogP contribution < -0.4 is 10.1 Å². The van der Waals surface area contributed by atoms with Gasteiger partial charge in [0.25, 0.3) is 5.91 Å². The number of halogens is 3. The highest BCUT2D eigenvalue weighted by molar-refractivity contribution is 6.12. The molecule has 31 heavy (non-hydrogen) atoms. The topological polar surface area (TPSA) is 69.0 Å². The maximum absolute atomic E-state index is 13.0. The zero-order chi connectivity index (χ0) is 22.2. The molecule has 0 aliphatic rings. The first-order valence-electron chi connectivity index (χ1n) is 9.22. The summed E-state index contributed by atoms with van der Waals surface area (Å²) in [6, 6.07) is 13.2. The van der Waals surface area contributed by atoms with Crippen molar-refractivity contribution in [3.63, 3.8) is 0 Å². The number of hydrogen-bond donors (Lipinski definition) is 1. The summed E-state index contributed by atoms with van der Waals surface area (Å²) < 4.78 is 45.8. The standard InChI is InChI=1S/C22H17F3N4O2/c1-29-20-18(12-26-29)17(11-19(28-20)13-5-3-8-16(9-13)31-2)21(30)27-15-7-4-6-14(10-15)22(23,24)25/h3-12H,1-2H3,(H,27,30). The van der Waals surface area contributed by atoms with Gasteiger partial charge in [0.1, 0.15) is 5.75 Å². The molecule has 0 unspecified atom stereocenters. The molecule has 0 fully saturated rings. The first kappa shape index (κ1) is 20.4. The number of fused-ring (bicyclic) bond motifs is 1. The number of aryl methyl sites for hydroxylation is 1. The molecule has 1 amide bonds. The Kier molecular flexibility index (Phi) is 5.10. The van der Waals surface area contributed by atoms with Gasteiger partial charge in [0.2, 0.25) is 0 Å². The number of carbonyl (C=O) groups is 1. The van der Waals surface area contributed by atoms with Gasteiger partial charge in [0, 0.05) is 18.3 Å². The Morgan fingerprint density at radius 3 is 2.61 bits per heavy atom. The van der Waals surface area contributed by atoms with Crippen LogP contribution in [0.1, 0.15) is 15.9 Å². The van der Waals surface area contributed by atoms with Crippen molar-refractivity contribution in [2.75, 3.05) is 12.4 Å². The summed E-state index contributed by atoms with van der Waals surface area (Å²) in [4.78, 5) is 17.6. The van der Waals surface area contributed by atoms with Crippen molar-refractivity contribution in [1.29, 1.82) is 0 Å². The highest BCUT2D eigenvalue weighted by Gasteiger charge is 2.30. The molecule has 0 atom stereocenters. The lowest BCUT2D eigenvalue weighted by molar-refractivity contribution is -0.137. The number of hydrogen-bond acceptors (Lipinski definition) is 4. The second-order valence-electron chi connectivity index (χ2n) is 6.83. The van der Waals surface area contributed by atoms with Crippen molar-refractivity contribution >= 4 is 22.6 Å². The van der Waals surface area contributed by atoms with Crippen LogP contribution in [0.25, 0.3) is 22.3 Å². The van der Waals surface area contributed by atoms with Crippen molar-refractivity contribution < 1.29 is 22.7 Å². The van der Waals surface area contributed by atoms with E-state index in [0.717, 1.165) is 17.7 Å². The number of aromatic nitrogens is 3. The Hall–Kier alpha value is -3.88. The molecule has 4 aromatic rings. The molecule has 2 aromatic carbocycles. The van der Waals surface area contributed by atoms with Gasteiger partial charge in [0.05, 0.1) is 35.5 Å². The van der Waals surface area contributed by atoms with Crippen LogP contribution in [0.2, 0.25) is 0 Å². The molecule has 158 valence electrons. The number of alkyl halides is 3. The Labute approximate surface area is 175 Å². The number of ether oxygens (including phenoxy) is 1. The van der Waals surface area contributed by atoms with Gasteiger partial charge in [-0.3, -0.25) is 9.48 Å². The molecule has 0 radical (unpaired) electrons. The van der Waals surface area contributed by atoms with E-state index >= 15 is 0 Å². The number of anilines is 1. The maximum Gasteiger partial charge on any atom is 0.416 e. The summed E-state index contributed by atoms with van der Waals surface area (Å²) in [7, 11) is 3.24. The van der Waals surface area contributed by atoms with Crippen molar-refractivity contribution in [2.24, 2.45) is 7.05 Å². The third-order valence-corrected chi connectivity index (χ3v) is 4.76. The lowest BCUT2D eigenvalue weighted by Gasteiger charge is -2.11. The molecular formula is C22H17F3N4O2. The second-order valence-corrected chi connectivity index (χ2v) is 6.83. The SMILES string of the molecule is COc1cccc(-c2cc(C(=O)Nc3cccc(C(F)(F)F)c3)c3cnn(C)c3n2)c1. The first-order chi connectivity index (χ1) is 14.8. The van der Waals surface area contributed by atoms with Gasteiger partial charge in [0.15, 0.2) is 5.65 Å². The minimum atomic E-state index is -4.51. The normalized spacial score (nSPS) is 11.5. The first-order valence-corrected chi connectivity index (χ1v) is 9.22. The van der Waals surface area contributed by atoms with Gasteiger partial charge < -0.3 is 10.1 Å². The average molecular weight is 426 g/mol. The van der Waals surface area contributed by atoms with Crippen LogP contribution in [-0.2, 0) is 13.2 Å². The predicted octanol–water partition coefficient (Wildman–Crippen LogP) is 4.92. The largest absolute Gasteiger partial charge is 0.497 e. The van der Waals surface area contributed by atoms with E-state index in [1.54, 1.807) is 38.4 Å². The maximum atomic E-state index is 13.0. The van der Waals surface area contributed by atoms with E-state index in [-0.39, 0.29) is 11.3 Å². The van der Waals surface area contributed by atoms with Gasteiger partial charge in [-0.25, -0.2) is 4.98 Å². The molecule has 2 heterocycles. The van der Waals surface area contributed by atoms with Crippen LogP contribution >= 0.6 is 0 Å². The van der Waals surface area contributed by atoms with Crippen LogP contribution in [0.15, 0.2) is 60.8 Å². The summed E-state index contributed by atoms with van der Waals surface area (Å²) >= 11 is 0. The summed E-state index contributed by atoms with van der Waals surface area (Å²) in [5, 5.41) is 7.19. The molecule has 0 saturated heterocycles. The van der Waals surface area contributed by atoms with E-state index in [0.29, 0.717) is 22.5 Å². The fourth-order valence-corrected chi connectivity index (χ4v) is 3.20. The molecule has 0 spiro atoms. The molecular weight excluding hydrogens is 409 g/mol. The van der Waals surface area contributed by atoms with Crippen molar-refractivity contribution in [1.82, 2.24) is 14.8 Å². The number of nitrogens with one attached hydrogen (secondary N) is 1. The van der Waals surface area contributed by atoms with E-state index in [2.05, 4.69) is 15.4 Å². The Morgan fingerprint density at radius 2 is 1.87 bits per heavy atom. The zero-order valence-electron chi connectivity index (χ0n) is 16.6. The van der Waals surface area contributed by atoms with Crippen molar-refractivity contribution in [3.8, 4) is 17.0 Å². The number of carbonyl (C=O) groups excluding carboxylic acids is 1. The number of nitrogens with zero attached hydrogens (tertiary/aromatic N) is 3. The van der Waals surface area contributed by atoms with Crippen LogP contribution in [0.4, 0.5) is 18.9 Å². The molecule has 4 rings (SSSR count). The van der Waals surface area contributed by atoms with Crippen LogP contribution in [0.3, 0.4) is 0 Å². The Morgan fingerprint density at radius 1 is 1.10 bits per heavy atom. The fraction of sp³-hybridized carbons (Fsp3) is 0.136. The predicted molar refractivity (Wildman–Crippen MR) is 110 cm³/mol. The molecule has 6 nitrogen and oxygen atoms in total. The minimum Gasteiger partial charge on any atom is -0.497 e. The molecule has 0 bridgehead atoms. The number of benzene rings is 2. The van der Waals surface area contributed by atoms with Crippen LogP contribution in [0, 0.1) is 0 Å². The highest BCUT2D eigenvalue weighted by Crippen LogP contribution is 2.31. The monoisotopic (exact) mass is 426 g/mol. The highest BCUT2D eigenvalue weighted by atomic mass is 19.4. The number of rotatable bonds is 4. The summed E-state index contributed by atoms with van der Waals surface area (Å²) in [5.74, 6) is 0.0586. The molecule has 9 heteroatoms. The van der Waals surface area contributed by atoms with Gasteiger partial charge in [-0.05, 0) is 36.4 Å². The van der Waals surface area contributed by atoms with Crippen LogP contribution in [0.5, 0.6) is 5.75 Å². The molecule has 1 N–H and O–H groups in total. The lowest BCUT2D eigenvalue weighted by Crippen LogP contribution is -2.14. The Bertz CT molecular complexity index is 1280. The zero-order valence-corrected chi connectivity index (χ0v) is 16.6. The fourth-order valence-electron chi connectivity index (χ4n) is 3.20. The van der Waals surface area contributed by atoms with E-state index in [9.17, 15) is 18.0 Å². The quantitative estimate of drug-likeness (QED) is 0.503. The van der Waals surface area contributed by atoms with Gasteiger partial charge in [-0.15, -0.1) is 0 Å². The molecule has 0 aliphatic carbocycles. The number of methoxy groups -OCH3 is 1. The summed E-state index contributed by atoms with van der Waals surface area (Å²) in [6.07, 6.45) is -3.01. The number of pyridine rings is 1. The second kappa shape index (κ2) is 7.75. The third kappa shape index (κ3) is 4.07. The van der Waals surface area contributed by atoms with Crippen LogP contribution in [-0.4, -0.2) is 27.8 Å². The summed E-state index contributed by atoms with van der Waals surface area (Å²) in [6.45, 7) is 0. The van der Waals surface area contributed by atoms with Gasteiger partial charge >= 0.3 is 6.18 Å². The van der Waals surface area contributed by atoms with Crippen molar-refractivity contribution in [2.45, 2.75) is 6.18 Å². The van der Waals surface area contributed by atoms with E-state index in [4.69, 9.17) is 4.74 Å². The van der Waals surface area contributed by atoms with E-state index in [1.165, 1.54) is 23.0 Å². The summed E-state index contributed by atoms with van der Waals surface area (Å²) in [5.41, 5.74) is 1.13. The average Bonchev–Trinajstić information content (AvgIpc) is 3.13. The third-order valence-electron chi connectivity index (χ3n) is 4.76. The van der Waals surface area contributed by atoms with Crippen molar-refractivity contribution in [3.05, 3.63) is 71.9 Å². The lowest BCUT2D eigenvalue weighted by atomic mass is 10.1. The molecule has 0 aliphatic heterocycles. The smallest absolute Gasteiger partial charge is 0.416 e. The molecule has 2 aromatic heterocycles. The van der Waals surface area contributed by atoms with Gasteiger partial charge in [-0.1, -0.05) is 18.2 Å². The van der Waals surface area contributed by atoms with E-state index in [1.807, 2.05) is 6.07 Å². The van der Waals surface area contributed by atoms with Gasteiger partial charge in [-0.2, -0.15) is 18.3 Å². The minimum absolute atomic E-state index is 0.0385. The van der Waals surface area contributed by atoms with E-state index < -0.39 is 17.6 Å².